The highest BCUT2D eigenvalue weighted by atomic mass is 127. The Labute approximate surface area is 191 Å². The van der Waals surface area contributed by atoms with Gasteiger partial charge >= 0.3 is 0 Å². The summed E-state index contributed by atoms with van der Waals surface area (Å²) in [5, 5.41) is 6.80. The van der Waals surface area contributed by atoms with Crippen LogP contribution in [-0.4, -0.2) is 65.8 Å². The first-order chi connectivity index (χ1) is 13.8. The first-order valence-electron chi connectivity index (χ1n) is 10.1. The van der Waals surface area contributed by atoms with Gasteiger partial charge in [-0.1, -0.05) is 30.3 Å². The van der Waals surface area contributed by atoms with E-state index in [0.717, 1.165) is 57.7 Å². The largest absolute Gasteiger partial charge is 0.379 e. The van der Waals surface area contributed by atoms with E-state index in [1.165, 1.54) is 5.56 Å². The van der Waals surface area contributed by atoms with E-state index in [1.807, 2.05) is 18.5 Å². The number of halogens is 1. The molecule has 3 rings (SSSR count). The number of ether oxygens (including phenoxy) is 1. The van der Waals surface area contributed by atoms with Crippen LogP contribution in [0.4, 0.5) is 0 Å². The van der Waals surface area contributed by atoms with Crippen LogP contribution >= 0.6 is 24.0 Å². The summed E-state index contributed by atoms with van der Waals surface area (Å²) in [6.45, 7) is 11.0. The van der Waals surface area contributed by atoms with E-state index in [0.29, 0.717) is 12.6 Å². The summed E-state index contributed by atoms with van der Waals surface area (Å²) in [7, 11) is 0. The molecule has 2 aromatic rings. The molecule has 0 spiro atoms. The lowest BCUT2D eigenvalue weighted by Crippen LogP contribution is -2.49. The van der Waals surface area contributed by atoms with Gasteiger partial charge in [-0.15, -0.1) is 24.0 Å². The quantitative estimate of drug-likeness (QED) is 0.323. The van der Waals surface area contributed by atoms with E-state index in [1.54, 1.807) is 0 Å². The highest BCUT2D eigenvalue weighted by Gasteiger charge is 2.17. The Bertz CT molecular complexity index is 730. The molecule has 1 saturated heterocycles. The molecule has 0 amide bonds. The first-order valence-corrected chi connectivity index (χ1v) is 10.1. The molecule has 1 aliphatic rings. The minimum atomic E-state index is 0. The van der Waals surface area contributed by atoms with Crippen molar-refractivity contribution >= 4 is 29.9 Å². The molecule has 1 aliphatic heterocycles. The number of nitrogens with one attached hydrogen (secondary N) is 2. The molecule has 1 fully saturated rings. The van der Waals surface area contributed by atoms with Crippen LogP contribution in [0.1, 0.15) is 25.2 Å². The zero-order chi connectivity index (χ0) is 19.6. The lowest BCUT2D eigenvalue weighted by molar-refractivity contribution is 0.0211. The van der Waals surface area contributed by atoms with Crippen molar-refractivity contribution in [3.63, 3.8) is 0 Å². The van der Waals surface area contributed by atoms with E-state index >= 15 is 0 Å². The third-order valence-electron chi connectivity index (χ3n) is 4.95. The fraction of sp³-hybridized carbons (Fsp3) is 0.524. The summed E-state index contributed by atoms with van der Waals surface area (Å²) >= 11 is 0. The van der Waals surface area contributed by atoms with Crippen molar-refractivity contribution in [3.05, 3.63) is 54.1 Å². The molecule has 1 aromatic carbocycles. The summed E-state index contributed by atoms with van der Waals surface area (Å²) in [6, 6.07) is 10.9. The number of guanidine groups is 1. The molecule has 29 heavy (non-hydrogen) atoms. The molecule has 2 heterocycles. The number of benzene rings is 1. The number of rotatable bonds is 8. The Morgan fingerprint density at radius 1 is 1.21 bits per heavy atom. The van der Waals surface area contributed by atoms with Crippen LogP contribution in [0.3, 0.4) is 0 Å². The summed E-state index contributed by atoms with van der Waals surface area (Å²) in [4.78, 5) is 11.7. The van der Waals surface area contributed by atoms with E-state index in [4.69, 9.17) is 9.73 Å². The normalized spacial score (nSPS) is 16.1. The molecule has 0 saturated carbocycles. The van der Waals surface area contributed by atoms with Crippen LogP contribution in [0.5, 0.6) is 0 Å². The maximum atomic E-state index is 5.44. The summed E-state index contributed by atoms with van der Waals surface area (Å²) in [5.74, 6) is 1.79. The van der Waals surface area contributed by atoms with Gasteiger partial charge in [0.25, 0.3) is 0 Å². The lowest BCUT2D eigenvalue weighted by Gasteiger charge is -2.32. The van der Waals surface area contributed by atoms with Gasteiger partial charge in [0.1, 0.15) is 12.4 Å². The van der Waals surface area contributed by atoms with Crippen LogP contribution < -0.4 is 10.6 Å². The molecule has 1 aromatic heterocycles. The molecule has 1 unspecified atom stereocenters. The van der Waals surface area contributed by atoms with Crippen molar-refractivity contribution in [3.8, 4) is 0 Å². The number of aromatic nitrogens is 2. The van der Waals surface area contributed by atoms with Gasteiger partial charge in [0, 0.05) is 51.2 Å². The maximum Gasteiger partial charge on any atom is 0.191 e. The topological polar surface area (TPSA) is 66.7 Å². The number of aliphatic imine (C=N–C) groups is 1. The van der Waals surface area contributed by atoms with Crippen LogP contribution in [0.15, 0.2) is 47.7 Å². The Kier molecular flexibility index (Phi) is 10.4. The SMILES string of the molecule is CCNC(=NCc1nccn1Cc1ccccc1)NCC(C)N1CCOCC1.I. The van der Waals surface area contributed by atoms with Crippen LogP contribution in [0.25, 0.3) is 0 Å². The molecular formula is C21H33IN6O. The number of hydrogen-bond acceptors (Lipinski definition) is 4. The molecule has 7 nitrogen and oxygen atoms in total. The van der Waals surface area contributed by atoms with Crippen molar-refractivity contribution in [2.24, 2.45) is 4.99 Å². The van der Waals surface area contributed by atoms with E-state index < -0.39 is 0 Å². The Hall–Kier alpha value is -1.65. The standard InChI is InChI=1S/C21H32N6O.HI/c1-3-22-21(24-15-18(2)26-11-13-28-14-12-26)25-16-20-23-9-10-27(20)17-19-7-5-4-6-8-19;/h4-10,18H,3,11-17H2,1-2H3,(H2,22,24,25);1H. The highest BCUT2D eigenvalue weighted by Crippen LogP contribution is 2.07. The number of nitrogens with zero attached hydrogens (tertiary/aromatic N) is 4. The fourth-order valence-corrected chi connectivity index (χ4v) is 3.30. The zero-order valence-corrected chi connectivity index (χ0v) is 19.7. The van der Waals surface area contributed by atoms with Gasteiger partial charge in [0.05, 0.1) is 13.2 Å². The van der Waals surface area contributed by atoms with Crippen LogP contribution in [0, 0.1) is 0 Å². The molecule has 160 valence electrons. The predicted molar refractivity (Wildman–Crippen MR) is 128 cm³/mol. The van der Waals surface area contributed by atoms with Gasteiger partial charge in [0.2, 0.25) is 0 Å². The van der Waals surface area contributed by atoms with Gasteiger partial charge in [-0.2, -0.15) is 0 Å². The zero-order valence-electron chi connectivity index (χ0n) is 17.4. The molecule has 0 aliphatic carbocycles. The first kappa shape index (κ1) is 23.6. The van der Waals surface area contributed by atoms with Gasteiger partial charge in [0.15, 0.2) is 5.96 Å². The highest BCUT2D eigenvalue weighted by molar-refractivity contribution is 14.0. The summed E-state index contributed by atoms with van der Waals surface area (Å²) in [5.41, 5.74) is 1.26. The molecule has 0 radical (unpaired) electrons. The van der Waals surface area contributed by atoms with Crippen molar-refractivity contribution in [2.45, 2.75) is 33.0 Å². The van der Waals surface area contributed by atoms with Gasteiger partial charge in [-0.3, -0.25) is 4.90 Å². The van der Waals surface area contributed by atoms with Crippen LogP contribution in [-0.2, 0) is 17.8 Å². The van der Waals surface area contributed by atoms with Crippen molar-refractivity contribution < 1.29 is 4.74 Å². The molecule has 0 bridgehead atoms. The molecule has 2 N–H and O–H groups in total. The molecular weight excluding hydrogens is 479 g/mol. The summed E-state index contributed by atoms with van der Waals surface area (Å²) < 4.78 is 7.59. The minimum Gasteiger partial charge on any atom is -0.379 e. The second kappa shape index (κ2) is 12.8. The Morgan fingerprint density at radius 2 is 1.97 bits per heavy atom. The van der Waals surface area contributed by atoms with E-state index in [-0.39, 0.29) is 24.0 Å². The third kappa shape index (κ3) is 7.60. The van der Waals surface area contributed by atoms with Crippen molar-refractivity contribution in [1.82, 2.24) is 25.1 Å². The third-order valence-corrected chi connectivity index (χ3v) is 4.95. The maximum absolute atomic E-state index is 5.44. The van der Waals surface area contributed by atoms with E-state index in [2.05, 4.69) is 63.2 Å². The smallest absolute Gasteiger partial charge is 0.191 e. The average Bonchev–Trinajstić information content (AvgIpc) is 3.18. The number of imidazole rings is 1. The number of morpholine rings is 1. The van der Waals surface area contributed by atoms with Crippen molar-refractivity contribution in [1.29, 1.82) is 0 Å². The van der Waals surface area contributed by atoms with Crippen molar-refractivity contribution in [2.75, 3.05) is 39.4 Å². The average molecular weight is 512 g/mol. The fourth-order valence-electron chi connectivity index (χ4n) is 3.30. The monoisotopic (exact) mass is 512 g/mol. The van der Waals surface area contributed by atoms with E-state index in [9.17, 15) is 0 Å². The second-order valence-corrected chi connectivity index (χ2v) is 7.03. The van der Waals surface area contributed by atoms with Gasteiger partial charge < -0.3 is 19.9 Å². The number of hydrogen-bond donors (Lipinski definition) is 2. The van der Waals surface area contributed by atoms with Gasteiger partial charge in [-0.25, -0.2) is 9.98 Å². The Balaban J connectivity index is 0.00000300. The van der Waals surface area contributed by atoms with Crippen LogP contribution in [0.2, 0.25) is 0 Å². The Morgan fingerprint density at radius 3 is 2.69 bits per heavy atom. The minimum absolute atomic E-state index is 0. The molecule has 8 heteroatoms. The predicted octanol–water partition coefficient (Wildman–Crippen LogP) is 2.33. The molecule has 1 atom stereocenters. The van der Waals surface area contributed by atoms with Gasteiger partial charge in [-0.05, 0) is 19.4 Å². The lowest BCUT2D eigenvalue weighted by atomic mass is 10.2. The second-order valence-electron chi connectivity index (χ2n) is 7.03. The summed E-state index contributed by atoms with van der Waals surface area (Å²) in [6.07, 6.45) is 3.85.